The lowest BCUT2D eigenvalue weighted by Gasteiger charge is -2.31. The summed E-state index contributed by atoms with van der Waals surface area (Å²) < 4.78 is 78.7. The van der Waals surface area contributed by atoms with E-state index in [1.54, 1.807) is 0 Å². The van der Waals surface area contributed by atoms with Crippen molar-refractivity contribution in [3.63, 3.8) is 0 Å². The van der Waals surface area contributed by atoms with Gasteiger partial charge in [-0.3, -0.25) is 4.98 Å². The highest BCUT2D eigenvalue weighted by atomic mass is 35.5. The third kappa shape index (κ3) is 4.45. The molecule has 2 unspecified atom stereocenters. The zero-order chi connectivity index (χ0) is 15.0. The molecule has 0 amide bonds. The summed E-state index contributed by atoms with van der Waals surface area (Å²) in [6.07, 6.45) is -10.2. The minimum absolute atomic E-state index is 0. The second kappa shape index (κ2) is 6.37. The molecule has 2 atom stereocenters. The minimum atomic E-state index is -4.50. The normalized spacial score (nSPS) is 23.5. The molecule has 2 heterocycles. The van der Waals surface area contributed by atoms with Gasteiger partial charge in [0, 0.05) is 12.7 Å². The van der Waals surface area contributed by atoms with Crippen molar-refractivity contribution in [2.24, 2.45) is 0 Å². The monoisotopic (exact) mass is 336 g/mol. The number of ether oxygens (including phenoxy) is 1. The summed E-state index contributed by atoms with van der Waals surface area (Å²) in [5.41, 5.74) is -0.704. The molecule has 1 N–H and O–H groups in total. The molecule has 1 aromatic rings. The Kier molecular flexibility index (Phi) is 5.46. The molecule has 0 bridgehead atoms. The molecular formula is C11H11ClF6N2O. The maximum atomic E-state index is 12.3. The van der Waals surface area contributed by atoms with Gasteiger partial charge in [0.15, 0.2) is 6.10 Å². The summed E-state index contributed by atoms with van der Waals surface area (Å²) in [7, 11) is 0. The summed E-state index contributed by atoms with van der Waals surface area (Å²) in [6.45, 7) is -0.764. The van der Waals surface area contributed by atoms with Crippen LogP contribution < -0.4 is 5.32 Å². The van der Waals surface area contributed by atoms with Gasteiger partial charge in [0.05, 0.1) is 23.9 Å². The van der Waals surface area contributed by atoms with Crippen molar-refractivity contribution >= 4 is 12.4 Å². The van der Waals surface area contributed by atoms with Crippen LogP contribution in [0.2, 0.25) is 0 Å². The zero-order valence-electron chi connectivity index (χ0n) is 10.3. The van der Waals surface area contributed by atoms with Crippen LogP contribution in [-0.2, 0) is 10.9 Å². The largest absolute Gasteiger partial charge is 0.417 e. The van der Waals surface area contributed by atoms with Gasteiger partial charge in [-0.05, 0) is 12.1 Å². The fourth-order valence-electron chi connectivity index (χ4n) is 1.76. The number of hydrogen-bond donors (Lipinski definition) is 1. The van der Waals surface area contributed by atoms with E-state index in [2.05, 4.69) is 15.0 Å². The van der Waals surface area contributed by atoms with E-state index in [1.807, 2.05) is 0 Å². The van der Waals surface area contributed by atoms with E-state index < -0.39 is 36.6 Å². The molecule has 1 saturated heterocycles. The number of morpholine rings is 1. The number of nitrogens with zero attached hydrogens (tertiary/aromatic N) is 1. The van der Waals surface area contributed by atoms with Gasteiger partial charge in [0.2, 0.25) is 0 Å². The van der Waals surface area contributed by atoms with Crippen molar-refractivity contribution in [2.45, 2.75) is 24.5 Å². The number of halogens is 7. The average Bonchev–Trinajstić information content (AvgIpc) is 2.37. The van der Waals surface area contributed by atoms with Crippen molar-refractivity contribution in [1.82, 2.24) is 10.3 Å². The van der Waals surface area contributed by atoms with Crippen molar-refractivity contribution < 1.29 is 31.1 Å². The predicted octanol–water partition coefficient (Wildman–Crippen LogP) is 3.11. The number of alkyl halides is 6. The van der Waals surface area contributed by atoms with E-state index in [9.17, 15) is 26.3 Å². The third-order valence-electron chi connectivity index (χ3n) is 2.85. The smallest absolute Gasteiger partial charge is 0.365 e. The molecule has 1 aliphatic heterocycles. The van der Waals surface area contributed by atoms with Crippen molar-refractivity contribution in [1.29, 1.82) is 0 Å². The van der Waals surface area contributed by atoms with E-state index in [4.69, 9.17) is 0 Å². The summed E-state index contributed by atoms with van der Waals surface area (Å²) >= 11 is 0. The summed E-state index contributed by atoms with van der Waals surface area (Å²) in [5, 5.41) is 2.56. The van der Waals surface area contributed by atoms with Crippen molar-refractivity contribution in [2.75, 3.05) is 13.2 Å². The lowest BCUT2D eigenvalue weighted by atomic mass is 10.1. The second-order valence-electron chi connectivity index (χ2n) is 4.29. The maximum Gasteiger partial charge on any atom is 0.417 e. The molecule has 10 heteroatoms. The predicted molar refractivity (Wildman–Crippen MR) is 63.0 cm³/mol. The van der Waals surface area contributed by atoms with Crippen LogP contribution in [0.15, 0.2) is 18.3 Å². The van der Waals surface area contributed by atoms with Gasteiger partial charge in [-0.1, -0.05) is 0 Å². The van der Waals surface area contributed by atoms with Crippen molar-refractivity contribution in [3.8, 4) is 0 Å². The van der Waals surface area contributed by atoms with Crippen molar-refractivity contribution in [3.05, 3.63) is 29.6 Å². The fraction of sp³-hybridized carbons (Fsp3) is 0.545. The topological polar surface area (TPSA) is 34.1 Å². The van der Waals surface area contributed by atoms with Crippen LogP contribution in [0.4, 0.5) is 26.3 Å². The SMILES string of the molecule is Cl.FC(F)(F)c1ccc(C2COC(C(F)(F)F)CN2)nc1. The van der Waals surface area contributed by atoms with Gasteiger partial charge >= 0.3 is 12.4 Å². The van der Waals surface area contributed by atoms with Gasteiger partial charge in [0.1, 0.15) is 0 Å². The number of hydrogen-bond acceptors (Lipinski definition) is 3. The van der Waals surface area contributed by atoms with E-state index >= 15 is 0 Å². The summed E-state index contributed by atoms with van der Waals surface area (Å²) in [5.74, 6) is 0. The van der Waals surface area contributed by atoms with Crippen LogP contribution in [0.5, 0.6) is 0 Å². The van der Waals surface area contributed by atoms with E-state index in [1.165, 1.54) is 0 Å². The molecule has 0 radical (unpaired) electrons. The van der Waals surface area contributed by atoms with E-state index in [0.29, 0.717) is 6.20 Å². The zero-order valence-corrected chi connectivity index (χ0v) is 11.1. The molecule has 21 heavy (non-hydrogen) atoms. The number of aromatic nitrogens is 1. The molecule has 1 fully saturated rings. The van der Waals surface area contributed by atoms with E-state index in [0.717, 1.165) is 12.1 Å². The molecule has 0 saturated carbocycles. The van der Waals surface area contributed by atoms with Gasteiger partial charge < -0.3 is 10.1 Å². The Hall–Kier alpha value is -1.06. The fourth-order valence-corrected chi connectivity index (χ4v) is 1.76. The third-order valence-corrected chi connectivity index (χ3v) is 2.85. The first-order valence-electron chi connectivity index (χ1n) is 5.63. The van der Waals surface area contributed by atoms with Crippen LogP contribution in [0.1, 0.15) is 17.3 Å². The average molecular weight is 337 g/mol. The Balaban J connectivity index is 0.00000220. The van der Waals surface area contributed by atoms with Crippen LogP contribution in [0.3, 0.4) is 0 Å². The molecule has 1 aromatic heterocycles. The Morgan fingerprint density at radius 3 is 2.19 bits per heavy atom. The quantitative estimate of drug-likeness (QED) is 0.800. The second-order valence-corrected chi connectivity index (χ2v) is 4.29. The molecule has 0 aromatic carbocycles. The minimum Gasteiger partial charge on any atom is -0.365 e. The van der Waals surface area contributed by atoms with Crippen LogP contribution in [0.25, 0.3) is 0 Å². The summed E-state index contributed by atoms with van der Waals surface area (Å²) in [6, 6.07) is 1.30. The van der Waals surface area contributed by atoms with Gasteiger partial charge in [-0.15, -0.1) is 12.4 Å². The molecule has 1 aliphatic rings. The lowest BCUT2D eigenvalue weighted by Crippen LogP contribution is -2.48. The first-order chi connectivity index (χ1) is 9.18. The highest BCUT2D eigenvalue weighted by Crippen LogP contribution is 2.30. The number of nitrogens with one attached hydrogen (secondary N) is 1. The number of pyridine rings is 1. The first kappa shape index (κ1) is 18.0. The molecule has 0 spiro atoms. The standard InChI is InChI=1S/C11H10F6N2O.ClH/c12-10(13,14)6-1-2-7(18-3-6)8-5-20-9(4-19-8)11(15,16)17;/h1-3,8-9,19H,4-5H2;1H. The van der Waals surface area contributed by atoms with Crippen LogP contribution in [0, 0.1) is 0 Å². The maximum absolute atomic E-state index is 12.3. The van der Waals surface area contributed by atoms with Crippen LogP contribution >= 0.6 is 12.4 Å². The Morgan fingerprint density at radius 1 is 1.14 bits per heavy atom. The molecular weight excluding hydrogens is 326 g/mol. The van der Waals surface area contributed by atoms with Crippen LogP contribution in [-0.4, -0.2) is 30.4 Å². The summed E-state index contributed by atoms with van der Waals surface area (Å²) in [4.78, 5) is 3.61. The Bertz CT molecular complexity index is 453. The molecule has 3 nitrogen and oxygen atoms in total. The van der Waals surface area contributed by atoms with E-state index in [-0.39, 0.29) is 24.7 Å². The molecule has 120 valence electrons. The first-order valence-corrected chi connectivity index (χ1v) is 5.63. The van der Waals surface area contributed by atoms with Gasteiger partial charge in [0.25, 0.3) is 0 Å². The number of rotatable bonds is 1. The Labute approximate surface area is 122 Å². The van der Waals surface area contributed by atoms with Gasteiger partial charge in [-0.2, -0.15) is 26.3 Å². The molecule has 0 aliphatic carbocycles. The highest BCUT2D eigenvalue weighted by Gasteiger charge is 2.43. The van der Waals surface area contributed by atoms with Gasteiger partial charge in [-0.25, -0.2) is 0 Å². The Morgan fingerprint density at radius 2 is 1.81 bits per heavy atom. The lowest BCUT2D eigenvalue weighted by molar-refractivity contribution is -0.229. The molecule has 2 rings (SSSR count). The highest BCUT2D eigenvalue weighted by molar-refractivity contribution is 5.85.